The van der Waals surface area contributed by atoms with Crippen LogP contribution < -0.4 is 11.3 Å². The molecule has 0 radical (unpaired) electrons. The van der Waals surface area contributed by atoms with Crippen molar-refractivity contribution in [2.75, 3.05) is 0 Å². The molecule has 0 saturated heterocycles. The third-order valence-corrected chi connectivity index (χ3v) is 2.55. The average Bonchev–Trinajstić information content (AvgIpc) is 2.35. The van der Waals surface area contributed by atoms with Crippen molar-refractivity contribution in [3.8, 4) is 0 Å². The number of benzene rings is 2. The molecule has 2 aromatic rings. The van der Waals surface area contributed by atoms with Gasteiger partial charge in [-0.2, -0.15) is 0 Å². The van der Waals surface area contributed by atoms with E-state index >= 15 is 0 Å². The van der Waals surface area contributed by atoms with Crippen LogP contribution in [0.25, 0.3) is 10.8 Å². The van der Waals surface area contributed by atoms with Gasteiger partial charge in [0.05, 0.1) is 0 Å². The van der Waals surface area contributed by atoms with E-state index in [1.54, 1.807) is 0 Å². The summed E-state index contributed by atoms with van der Waals surface area (Å²) in [6.45, 7) is 4.05. The Kier molecular flexibility index (Phi) is 3.40. The van der Waals surface area contributed by atoms with E-state index < -0.39 is 0 Å². The second-order valence-corrected chi connectivity index (χ2v) is 4.28. The van der Waals surface area contributed by atoms with Gasteiger partial charge in [-0.3, -0.25) is 4.99 Å². The predicted molar refractivity (Wildman–Crippen MR) is 72.9 cm³/mol. The molecule has 0 amide bonds. The molecular formula is C14H17N3. The molecule has 0 aromatic heterocycles. The van der Waals surface area contributed by atoms with Gasteiger partial charge in [-0.25, -0.2) is 5.84 Å². The van der Waals surface area contributed by atoms with E-state index in [1.807, 2.05) is 32.0 Å². The first-order valence-electron chi connectivity index (χ1n) is 5.74. The molecule has 3 N–H and O–H groups in total. The number of nitrogens with two attached hydrogens (primary N) is 1. The summed E-state index contributed by atoms with van der Waals surface area (Å²) in [5.41, 5.74) is 3.68. The lowest BCUT2D eigenvalue weighted by Crippen LogP contribution is -2.31. The van der Waals surface area contributed by atoms with Gasteiger partial charge in [-0.05, 0) is 30.7 Å². The van der Waals surface area contributed by atoms with E-state index in [2.05, 4.69) is 34.7 Å². The normalized spacial score (nSPS) is 12.1. The topological polar surface area (TPSA) is 50.4 Å². The Balaban J connectivity index is 2.48. The SMILES string of the molecule is CC(C)N=C(NN)c1ccc2ccccc2c1. The van der Waals surface area contributed by atoms with Gasteiger partial charge >= 0.3 is 0 Å². The largest absolute Gasteiger partial charge is 0.308 e. The van der Waals surface area contributed by atoms with Crippen molar-refractivity contribution in [2.24, 2.45) is 10.8 Å². The van der Waals surface area contributed by atoms with Gasteiger partial charge in [0.2, 0.25) is 0 Å². The maximum absolute atomic E-state index is 5.52. The van der Waals surface area contributed by atoms with Crippen LogP contribution in [-0.2, 0) is 0 Å². The Morgan fingerprint density at radius 1 is 1.12 bits per heavy atom. The van der Waals surface area contributed by atoms with Gasteiger partial charge in [0, 0.05) is 11.6 Å². The fraction of sp³-hybridized carbons (Fsp3) is 0.214. The van der Waals surface area contributed by atoms with Crippen LogP contribution in [0.2, 0.25) is 0 Å². The van der Waals surface area contributed by atoms with Gasteiger partial charge in [0.1, 0.15) is 5.84 Å². The zero-order chi connectivity index (χ0) is 12.3. The molecule has 0 aliphatic rings. The lowest BCUT2D eigenvalue weighted by molar-refractivity contribution is 0.820. The molecule has 0 unspecified atom stereocenters. The molecule has 0 fully saturated rings. The van der Waals surface area contributed by atoms with Crippen LogP contribution in [0.3, 0.4) is 0 Å². The quantitative estimate of drug-likeness (QED) is 0.358. The molecule has 88 valence electrons. The van der Waals surface area contributed by atoms with Crippen LogP contribution in [0.4, 0.5) is 0 Å². The van der Waals surface area contributed by atoms with Crippen LogP contribution in [-0.4, -0.2) is 11.9 Å². The molecule has 0 aliphatic heterocycles. The summed E-state index contributed by atoms with van der Waals surface area (Å²) >= 11 is 0. The van der Waals surface area contributed by atoms with Crippen LogP contribution in [0, 0.1) is 0 Å². The summed E-state index contributed by atoms with van der Waals surface area (Å²) < 4.78 is 0. The third kappa shape index (κ3) is 2.63. The first-order chi connectivity index (χ1) is 8.20. The number of nitrogens with zero attached hydrogens (tertiary/aromatic N) is 1. The van der Waals surface area contributed by atoms with Crippen molar-refractivity contribution in [3.63, 3.8) is 0 Å². The number of aliphatic imine (C=N–C) groups is 1. The maximum Gasteiger partial charge on any atom is 0.142 e. The first-order valence-corrected chi connectivity index (χ1v) is 5.74. The van der Waals surface area contributed by atoms with Crippen LogP contribution in [0.5, 0.6) is 0 Å². The van der Waals surface area contributed by atoms with E-state index in [0.29, 0.717) is 0 Å². The molecule has 2 rings (SSSR count). The van der Waals surface area contributed by atoms with Crippen molar-refractivity contribution in [2.45, 2.75) is 19.9 Å². The molecule has 0 bridgehead atoms. The van der Waals surface area contributed by atoms with Crippen molar-refractivity contribution >= 4 is 16.6 Å². The van der Waals surface area contributed by atoms with Gasteiger partial charge in [0.25, 0.3) is 0 Å². The summed E-state index contributed by atoms with van der Waals surface area (Å²) in [5, 5.41) is 2.41. The molecule has 0 saturated carbocycles. The second-order valence-electron chi connectivity index (χ2n) is 4.28. The molecule has 3 nitrogen and oxygen atoms in total. The Morgan fingerprint density at radius 3 is 2.47 bits per heavy atom. The number of nitrogens with one attached hydrogen (secondary N) is 1. The average molecular weight is 227 g/mol. The van der Waals surface area contributed by atoms with Crippen LogP contribution >= 0.6 is 0 Å². The zero-order valence-electron chi connectivity index (χ0n) is 10.1. The minimum atomic E-state index is 0.215. The Bertz CT molecular complexity index is 544. The third-order valence-electron chi connectivity index (χ3n) is 2.55. The highest BCUT2D eigenvalue weighted by molar-refractivity contribution is 6.01. The number of amidine groups is 1. The number of hydrogen-bond donors (Lipinski definition) is 2. The fourth-order valence-corrected chi connectivity index (χ4v) is 1.79. The van der Waals surface area contributed by atoms with Crippen molar-refractivity contribution in [1.82, 2.24) is 5.43 Å². The smallest absolute Gasteiger partial charge is 0.142 e. The number of rotatable bonds is 2. The van der Waals surface area contributed by atoms with E-state index in [0.717, 1.165) is 11.4 Å². The van der Waals surface area contributed by atoms with Crippen molar-refractivity contribution in [3.05, 3.63) is 48.0 Å². The Morgan fingerprint density at radius 2 is 1.82 bits per heavy atom. The number of hydrogen-bond acceptors (Lipinski definition) is 2. The molecule has 2 aromatic carbocycles. The van der Waals surface area contributed by atoms with Gasteiger partial charge in [-0.1, -0.05) is 36.4 Å². The fourth-order valence-electron chi connectivity index (χ4n) is 1.79. The molecule has 0 heterocycles. The summed E-state index contributed by atoms with van der Waals surface area (Å²) in [5.74, 6) is 6.24. The second kappa shape index (κ2) is 4.97. The van der Waals surface area contributed by atoms with Crippen LogP contribution in [0.15, 0.2) is 47.5 Å². The minimum Gasteiger partial charge on any atom is -0.308 e. The minimum absolute atomic E-state index is 0.215. The standard InChI is InChI=1S/C14H17N3/c1-10(2)16-14(17-15)13-8-7-11-5-3-4-6-12(11)9-13/h3-10H,15H2,1-2H3,(H,16,17). The van der Waals surface area contributed by atoms with Gasteiger partial charge in [-0.15, -0.1) is 0 Å². The lowest BCUT2D eigenvalue weighted by atomic mass is 10.1. The molecule has 0 spiro atoms. The first kappa shape index (κ1) is 11.6. The Labute approximate surface area is 101 Å². The molecular weight excluding hydrogens is 210 g/mol. The van der Waals surface area contributed by atoms with Crippen LogP contribution in [0.1, 0.15) is 19.4 Å². The van der Waals surface area contributed by atoms with Crippen molar-refractivity contribution in [1.29, 1.82) is 0 Å². The lowest BCUT2D eigenvalue weighted by Gasteiger charge is -2.08. The zero-order valence-corrected chi connectivity index (χ0v) is 10.1. The summed E-state index contributed by atoms with van der Waals surface area (Å²) in [7, 11) is 0. The van der Waals surface area contributed by atoms with Gasteiger partial charge in [0.15, 0.2) is 0 Å². The van der Waals surface area contributed by atoms with E-state index in [9.17, 15) is 0 Å². The summed E-state index contributed by atoms with van der Waals surface area (Å²) in [6, 6.07) is 14.7. The highest BCUT2D eigenvalue weighted by Crippen LogP contribution is 2.15. The van der Waals surface area contributed by atoms with E-state index in [4.69, 9.17) is 5.84 Å². The monoisotopic (exact) mass is 227 g/mol. The number of fused-ring (bicyclic) bond motifs is 1. The van der Waals surface area contributed by atoms with E-state index in [1.165, 1.54) is 10.8 Å². The van der Waals surface area contributed by atoms with Crippen molar-refractivity contribution < 1.29 is 0 Å². The van der Waals surface area contributed by atoms with E-state index in [-0.39, 0.29) is 6.04 Å². The maximum atomic E-state index is 5.52. The highest BCUT2D eigenvalue weighted by atomic mass is 15.3. The summed E-state index contributed by atoms with van der Waals surface area (Å²) in [6.07, 6.45) is 0. The predicted octanol–water partition coefficient (Wildman–Crippen LogP) is 2.46. The molecule has 3 heteroatoms. The molecule has 0 atom stereocenters. The molecule has 0 aliphatic carbocycles. The Hall–Kier alpha value is -1.87. The van der Waals surface area contributed by atoms with Gasteiger partial charge < -0.3 is 5.43 Å². The highest BCUT2D eigenvalue weighted by Gasteiger charge is 2.03. The molecule has 17 heavy (non-hydrogen) atoms. The summed E-state index contributed by atoms with van der Waals surface area (Å²) in [4.78, 5) is 4.45. The number of hydrazine groups is 1.